The third-order valence-corrected chi connectivity index (χ3v) is 4.57. The van der Waals surface area contributed by atoms with Crippen molar-refractivity contribution in [2.45, 2.75) is 51.7 Å². The highest BCUT2D eigenvalue weighted by atomic mass is 16.6. The smallest absolute Gasteiger partial charge is 0.410 e. The van der Waals surface area contributed by atoms with Gasteiger partial charge in [0.05, 0.1) is 11.7 Å². The fraction of sp³-hybridized carbons (Fsp3) is 0.667. The van der Waals surface area contributed by atoms with E-state index in [0.29, 0.717) is 6.04 Å². The second-order valence-electron chi connectivity index (χ2n) is 7.46. The average molecular weight is 317 g/mol. The first kappa shape index (κ1) is 16.2. The lowest BCUT2D eigenvalue weighted by molar-refractivity contribution is 0.00902. The molecule has 1 fully saturated rings. The minimum absolute atomic E-state index is 0.195. The van der Waals surface area contributed by atoms with Crippen molar-refractivity contribution in [3.05, 3.63) is 29.6 Å². The molecule has 1 unspecified atom stereocenters. The van der Waals surface area contributed by atoms with Gasteiger partial charge in [-0.15, -0.1) is 0 Å². The largest absolute Gasteiger partial charge is 0.444 e. The molecular weight excluding hydrogens is 290 g/mol. The maximum Gasteiger partial charge on any atom is 0.410 e. The first-order valence-corrected chi connectivity index (χ1v) is 8.60. The van der Waals surface area contributed by atoms with E-state index in [0.717, 1.165) is 39.0 Å². The van der Waals surface area contributed by atoms with Crippen LogP contribution in [0.4, 0.5) is 4.79 Å². The Balaban J connectivity index is 1.61. The molecule has 1 aliphatic heterocycles. The van der Waals surface area contributed by atoms with Crippen LogP contribution >= 0.6 is 0 Å². The summed E-state index contributed by atoms with van der Waals surface area (Å²) in [7, 11) is 0. The van der Waals surface area contributed by atoms with Crippen molar-refractivity contribution in [3.63, 3.8) is 0 Å². The Morgan fingerprint density at radius 3 is 2.70 bits per heavy atom. The lowest BCUT2D eigenvalue weighted by Crippen LogP contribution is -2.51. The van der Waals surface area contributed by atoms with E-state index in [-0.39, 0.29) is 6.09 Å². The number of fused-ring (bicyclic) bond motifs is 1. The molecule has 0 aromatic carbocycles. The third kappa shape index (κ3) is 3.83. The monoisotopic (exact) mass is 317 g/mol. The lowest BCUT2D eigenvalue weighted by atomic mass is 9.90. The van der Waals surface area contributed by atoms with E-state index in [1.165, 1.54) is 17.7 Å². The summed E-state index contributed by atoms with van der Waals surface area (Å²) in [6.45, 7) is 8.96. The highest BCUT2D eigenvalue weighted by Crippen LogP contribution is 2.33. The van der Waals surface area contributed by atoms with Crippen molar-refractivity contribution in [2.24, 2.45) is 0 Å². The van der Waals surface area contributed by atoms with Gasteiger partial charge in [-0.25, -0.2) is 4.79 Å². The number of carbonyl (C=O) groups excluding carboxylic acids is 1. The van der Waals surface area contributed by atoms with E-state index in [9.17, 15) is 4.79 Å². The van der Waals surface area contributed by atoms with Crippen molar-refractivity contribution in [2.75, 3.05) is 26.2 Å². The summed E-state index contributed by atoms with van der Waals surface area (Å²) in [5.74, 6) is 0. The Morgan fingerprint density at radius 2 is 2.00 bits per heavy atom. The van der Waals surface area contributed by atoms with E-state index >= 15 is 0 Å². The van der Waals surface area contributed by atoms with Crippen LogP contribution in [0.5, 0.6) is 0 Å². The number of aromatic nitrogens is 1. The molecule has 1 atom stereocenters. The van der Waals surface area contributed by atoms with E-state index in [2.05, 4.69) is 16.0 Å². The zero-order valence-corrected chi connectivity index (χ0v) is 14.4. The van der Waals surface area contributed by atoms with Crippen molar-refractivity contribution in [3.8, 4) is 0 Å². The molecule has 126 valence electrons. The van der Waals surface area contributed by atoms with Crippen molar-refractivity contribution in [1.29, 1.82) is 0 Å². The zero-order valence-electron chi connectivity index (χ0n) is 14.4. The van der Waals surface area contributed by atoms with Gasteiger partial charge >= 0.3 is 6.09 Å². The maximum atomic E-state index is 12.2. The Hall–Kier alpha value is -1.62. The highest BCUT2D eigenvalue weighted by molar-refractivity contribution is 5.68. The van der Waals surface area contributed by atoms with Crippen LogP contribution in [0, 0.1) is 0 Å². The van der Waals surface area contributed by atoms with E-state index in [1.54, 1.807) is 0 Å². The van der Waals surface area contributed by atoms with Crippen LogP contribution in [0.25, 0.3) is 0 Å². The molecule has 1 saturated heterocycles. The van der Waals surface area contributed by atoms with Gasteiger partial charge < -0.3 is 9.64 Å². The Labute approximate surface area is 138 Å². The quantitative estimate of drug-likeness (QED) is 0.799. The SMILES string of the molecule is CC(C)(C)OC(=O)N1CCN(C2CCCc3cccnc32)CC1. The van der Waals surface area contributed by atoms with E-state index < -0.39 is 5.60 Å². The number of ether oxygens (including phenoxy) is 1. The van der Waals surface area contributed by atoms with Crippen molar-refractivity contribution >= 4 is 6.09 Å². The molecule has 0 radical (unpaired) electrons. The summed E-state index contributed by atoms with van der Waals surface area (Å²) in [5, 5.41) is 0. The number of hydrogen-bond acceptors (Lipinski definition) is 4. The summed E-state index contributed by atoms with van der Waals surface area (Å²) in [4.78, 5) is 21.1. The highest BCUT2D eigenvalue weighted by Gasteiger charge is 2.32. The molecule has 1 aromatic rings. The van der Waals surface area contributed by atoms with Crippen LogP contribution in [-0.2, 0) is 11.2 Å². The third-order valence-electron chi connectivity index (χ3n) is 4.57. The molecule has 2 aliphatic rings. The summed E-state index contributed by atoms with van der Waals surface area (Å²) >= 11 is 0. The maximum absolute atomic E-state index is 12.2. The summed E-state index contributed by atoms with van der Waals surface area (Å²) in [6.07, 6.45) is 5.22. The van der Waals surface area contributed by atoms with E-state index in [1.807, 2.05) is 37.9 Å². The van der Waals surface area contributed by atoms with Gasteiger partial charge in [0.25, 0.3) is 0 Å². The van der Waals surface area contributed by atoms with Crippen molar-refractivity contribution in [1.82, 2.24) is 14.8 Å². The van der Waals surface area contributed by atoms with Crippen LogP contribution in [-0.4, -0.2) is 52.7 Å². The zero-order chi connectivity index (χ0) is 16.4. The van der Waals surface area contributed by atoms with Gasteiger partial charge in [-0.1, -0.05) is 6.07 Å². The number of aryl methyl sites for hydroxylation is 1. The Kier molecular flexibility index (Phi) is 4.57. The van der Waals surface area contributed by atoms with Gasteiger partial charge in [-0.3, -0.25) is 9.88 Å². The fourth-order valence-electron chi connectivity index (χ4n) is 3.48. The molecule has 5 heteroatoms. The minimum Gasteiger partial charge on any atom is -0.444 e. The Bertz CT molecular complexity index is 560. The molecule has 23 heavy (non-hydrogen) atoms. The van der Waals surface area contributed by atoms with Crippen LogP contribution in [0.1, 0.15) is 50.9 Å². The van der Waals surface area contributed by atoms with E-state index in [4.69, 9.17) is 4.74 Å². The predicted molar refractivity (Wildman–Crippen MR) is 89.3 cm³/mol. The van der Waals surface area contributed by atoms with Gasteiger partial charge in [-0.2, -0.15) is 0 Å². The normalized spacial score (nSPS) is 22.6. The molecule has 0 spiro atoms. The topological polar surface area (TPSA) is 45.7 Å². The molecule has 0 N–H and O–H groups in total. The molecule has 0 saturated carbocycles. The molecule has 1 aliphatic carbocycles. The van der Waals surface area contributed by atoms with Gasteiger partial charge in [0.2, 0.25) is 0 Å². The van der Waals surface area contributed by atoms with Crippen molar-refractivity contribution < 1.29 is 9.53 Å². The van der Waals surface area contributed by atoms with Crippen LogP contribution in [0.15, 0.2) is 18.3 Å². The predicted octanol–water partition coefficient (Wildman–Crippen LogP) is 3.01. The van der Waals surface area contributed by atoms with Gasteiger partial charge in [0, 0.05) is 32.4 Å². The molecule has 0 bridgehead atoms. The number of pyridine rings is 1. The molecular formula is C18H27N3O2. The average Bonchev–Trinajstić information content (AvgIpc) is 2.53. The molecule has 1 aromatic heterocycles. The summed E-state index contributed by atoms with van der Waals surface area (Å²) in [5.41, 5.74) is 2.20. The van der Waals surface area contributed by atoms with Gasteiger partial charge in [-0.05, 0) is 51.7 Å². The Morgan fingerprint density at radius 1 is 1.26 bits per heavy atom. The molecule has 3 rings (SSSR count). The number of piperazine rings is 1. The van der Waals surface area contributed by atoms with Crippen LogP contribution < -0.4 is 0 Å². The fourth-order valence-corrected chi connectivity index (χ4v) is 3.48. The van der Waals surface area contributed by atoms with Gasteiger partial charge in [0.15, 0.2) is 0 Å². The molecule has 2 heterocycles. The molecule has 5 nitrogen and oxygen atoms in total. The number of rotatable bonds is 1. The van der Waals surface area contributed by atoms with Gasteiger partial charge in [0.1, 0.15) is 5.60 Å². The second kappa shape index (κ2) is 6.48. The first-order valence-electron chi connectivity index (χ1n) is 8.60. The number of carbonyl (C=O) groups is 1. The second-order valence-corrected chi connectivity index (χ2v) is 7.46. The summed E-state index contributed by atoms with van der Waals surface area (Å²) < 4.78 is 5.47. The standard InChI is InChI=1S/C18H27N3O2/c1-18(2,3)23-17(22)21-12-10-20(11-13-21)15-8-4-6-14-7-5-9-19-16(14)15/h5,7,9,15H,4,6,8,10-13H2,1-3H3. The lowest BCUT2D eigenvalue weighted by Gasteiger charge is -2.41. The first-order chi connectivity index (χ1) is 10.9. The minimum atomic E-state index is -0.430. The number of nitrogens with zero attached hydrogens (tertiary/aromatic N) is 3. The van der Waals surface area contributed by atoms with Crippen LogP contribution in [0.3, 0.4) is 0 Å². The number of hydrogen-bond donors (Lipinski definition) is 0. The van der Waals surface area contributed by atoms with Crippen LogP contribution in [0.2, 0.25) is 0 Å². The number of amides is 1. The summed E-state index contributed by atoms with van der Waals surface area (Å²) in [6, 6.07) is 4.63. The molecule has 1 amide bonds.